The lowest BCUT2D eigenvalue weighted by atomic mass is 10.1. The second-order valence-corrected chi connectivity index (χ2v) is 4.41. The second kappa shape index (κ2) is 5.96. The molecule has 1 aromatic rings. The van der Waals surface area contributed by atoms with Gasteiger partial charge in [0.2, 0.25) is 5.91 Å². The van der Waals surface area contributed by atoms with Gasteiger partial charge in [-0.2, -0.15) is 0 Å². The molecule has 0 spiro atoms. The molecular formula is C11H14BrFN2O. The minimum Gasteiger partial charge on any atom is -0.370 e. The van der Waals surface area contributed by atoms with Crippen LogP contribution in [0, 0.1) is 5.82 Å². The lowest BCUT2D eigenvalue weighted by Crippen LogP contribution is -2.24. The van der Waals surface area contributed by atoms with E-state index in [4.69, 9.17) is 5.73 Å². The first-order valence-corrected chi connectivity index (χ1v) is 5.76. The van der Waals surface area contributed by atoms with Crippen LogP contribution >= 0.6 is 15.9 Å². The fourth-order valence-electron chi connectivity index (χ4n) is 1.37. The highest BCUT2D eigenvalue weighted by molar-refractivity contribution is 9.10. The van der Waals surface area contributed by atoms with Crippen LogP contribution in [0.2, 0.25) is 0 Å². The molecule has 88 valence electrons. The number of benzene rings is 1. The summed E-state index contributed by atoms with van der Waals surface area (Å²) in [6.45, 7) is 2.46. The third kappa shape index (κ3) is 3.90. The Labute approximate surface area is 102 Å². The normalized spacial score (nSPS) is 12.4. The number of hydrogen-bond donors (Lipinski definition) is 2. The molecule has 3 N–H and O–H groups in total. The maximum atomic E-state index is 12.9. The molecule has 0 aliphatic rings. The van der Waals surface area contributed by atoms with Gasteiger partial charge >= 0.3 is 0 Å². The lowest BCUT2D eigenvalue weighted by molar-refractivity contribution is -0.117. The van der Waals surface area contributed by atoms with Crippen LogP contribution in [-0.4, -0.2) is 12.5 Å². The summed E-state index contributed by atoms with van der Waals surface area (Å²) in [5, 5.41) is 3.14. The summed E-state index contributed by atoms with van der Waals surface area (Å²) in [6.07, 6.45) is 0.295. The number of rotatable bonds is 5. The van der Waals surface area contributed by atoms with Crippen LogP contribution in [-0.2, 0) is 4.79 Å². The molecule has 5 heteroatoms. The average molecular weight is 289 g/mol. The molecule has 0 radical (unpaired) electrons. The van der Waals surface area contributed by atoms with Crippen molar-refractivity contribution in [1.82, 2.24) is 5.32 Å². The van der Waals surface area contributed by atoms with Gasteiger partial charge in [0.25, 0.3) is 0 Å². The highest BCUT2D eigenvalue weighted by Crippen LogP contribution is 2.23. The van der Waals surface area contributed by atoms with E-state index >= 15 is 0 Å². The largest absolute Gasteiger partial charge is 0.370 e. The van der Waals surface area contributed by atoms with E-state index in [1.165, 1.54) is 12.1 Å². The van der Waals surface area contributed by atoms with Crippen molar-refractivity contribution < 1.29 is 9.18 Å². The molecule has 0 fully saturated rings. The summed E-state index contributed by atoms with van der Waals surface area (Å²) < 4.78 is 13.6. The standard InChI is InChI=1S/C11H14BrFN2O/c1-7(15-5-4-11(14)16)9-3-2-8(13)6-10(9)12/h2-3,6-7,15H,4-5H2,1H3,(H2,14,16). The van der Waals surface area contributed by atoms with Crippen molar-refractivity contribution in [2.24, 2.45) is 5.73 Å². The van der Waals surface area contributed by atoms with Crippen molar-refractivity contribution in [2.45, 2.75) is 19.4 Å². The Morgan fingerprint density at radius 2 is 2.31 bits per heavy atom. The summed E-state index contributed by atoms with van der Waals surface area (Å²) in [5.41, 5.74) is 5.98. The first kappa shape index (κ1) is 13.1. The van der Waals surface area contributed by atoms with Crippen molar-refractivity contribution in [1.29, 1.82) is 0 Å². The Balaban J connectivity index is 2.58. The molecular weight excluding hydrogens is 275 g/mol. The molecule has 0 aromatic heterocycles. The maximum Gasteiger partial charge on any atom is 0.218 e. The minimum absolute atomic E-state index is 0.0364. The molecule has 0 heterocycles. The fraction of sp³-hybridized carbons (Fsp3) is 0.364. The Bertz CT molecular complexity index is 384. The lowest BCUT2D eigenvalue weighted by Gasteiger charge is -2.15. The molecule has 1 unspecified atom stereocenters. The van der Waals surface area contributed by atoms with Gasteiger partial charge in [0, 0.05) is 23.5 Å². The third-order valence-corrected chi connectivity index (χ3v) is 2.94. The zero-order chi connectivity index (χ0) is 12.1. The van der Waals surface area contributed by atoms with Gasteiger partial charge < -0.3 is 11.1 Å². The van der Waals surface area contributed by atoms with Crippen molar-refractivity contribution in [3.05, 3.63) is 34.1 Å². The number of nitrogens with two attached hydrogens (primary N) is 1. The number of hydrogen-bond acceptors (Lipinski definition) is 2. The molecule has 1 rings (SSSR count). The van der Waals surface area contributed by atoms with Crippen LogP contribution in [0.15, 0.2) is 22.7 Å². The van der Waals surface area contributed by atoms with Crippen molar-refractivity contribution >= 4 is 21.8 Å². The van der Waals surface area contributed by atoms with Gasteiger partial charge in [-0.3, -0.25) is 4.79 Å². The Morgan fingerprint density at radius 3 is 2.88 bits per heavy atom. The molecule has 0 aliphatic carbocycles. The first-order valence-electron chi connectivity index (χ1n) is 4.97. The van der Waals surface area contributed by atoms with E-state index in [9.17, 15) is 9.18 Å². The zero-order valence-electron chi connectivity index (χ0n) is 8.97. The first-order chi connectivity index (χ1) is 7.50. The van der Waals surface area contributed by atoms with Crippen LogP contribution in [0.4, 0.5) is 4.39 Å². The van der Waals surface area contributed by atoms with Crippen LogP contribution in [0.5, 0.6) is 0 Å². The predicted octanol–water partition coefficient (Wildman–Crippen LogP) is 2.11. The van der Waals surface area contributed by atoms with Gasteiger partial charge in [-0.15, -0.1) is 0 Å². The molecule has 0 bridgehead atoms. The highest BCUT2D eigenvalue weighted by Gasteiger charge is 2.09. The number of carbonyl (C=O) groups is 1. The number of amides is 1. The molecule has 1 aromatic carbocycles. The summed E-state index contributed by atoms with van der Waals surface area (Å²) >= 11 is 3.30. The van der Waals surface area contributed by atoms with Crippen molar-refractivity contribution in [3.8, 4) is 0 Å². The predicted molar refractivity (Wildman–Crippen MR) is 64.3 cm³/mol. The quantitative estimate of drug-likeness (QED) is 0.872. The topological polar surface area (TPSA) is 55.1 Å². The SMILES string of the molecule is CC(NCCC(N)=O)c1ccc(F)cc1Br. The van der Waals surface area contributed by atoms with E-state index in [1.54, 1.807) is 6.07 Å². The number of halogens is 2. The molecule has 16 heavy (non-hydrogen) atoms. The Kier molecular flexibility index (Phi) is 4.89. The smallest absolute Gasteiger partial charge is 0.218 e. The zero-order valence-corrected chi connectivity index (χ0v) is 10.6. The second-order valence-electron chi connectivity index (χ2n) is 3.56. The Hall–Kier alpha value is -0.940. The van der Waals surface area contributed by atoms with Crippen LogP contribution in [0.25, 0.3) is 0 Å². The number of primary amides is 1. The van der Waals surface area contributed by atoms with Gasteiger partial charge in [-0.05, 0) is 24.6 Å². The molecule has 1 amide bonds. The Morgan fingerprint density at radius 1 is 1.62 bits per heavy atom. The summed E-state index contributed by atoms with van der Waals surface area (Å²) in [7, 11) is 0. The van der Waals surface area contributed by atoms with Gasteiger partial charge in [0.15, 0.2) is 0 Å². The van der Waals surface area contributed by atoms with Crippen molar-refractivity contribution in [2.75, 3.05) is 6.54 Å². The molecule has 0 saturated heterocycles. The summed E-state index contributed by atoms with van der Waals surface area (Å²) in [4.78, 5) is 10.6. The monoisotopic (exact) mass is 288 g/mol. The van der Waals surface area contributed by atoms with E-state index in [2.05, 4.69) is 21.2 Å². The van der Waals surface area contributed by atoms with Gasteiger partial charge in [0.05, 0.1) is 0 Å². The third-order valence-electron chi connectivity index (χ3n) is 2.25. The summed E-state index contributed by atoms with van der Waals surface area (Å²) in [6, 6.07) is 4.57. The maximum absolute atomic E-state index is 12.9. The van der Waals surface area contributed by atoms with Crippen LogP contribution in [0.3, 0.4) is 0 Å². The average Bonchev–Trinajstić information content (AvgIpc) is 2.16. The van der Waals surface area contributed by atoms with Gasteiger partial charge in [-0.1, -0.05) is 22.0 Å². The van der Waals surface area contributed by atoms with E-state index in [-0.39, 0.29) is 17.8 Å². The van der Waals surface area contributed by atoms with E-state index in [0.717, 1.165) is 5.56 Å². The van der Waals surface area contributed by atoms with E-state index < -0.39 is 0 Å². The highest BCUT2D eigenvalue weighted by atomic mass is 79.9. The minimum atomic E-state index is -0.335. The van der Waals surface area contributed by atoms with E-state index in [1.807, 2.05) is 6.92 Å². The molecule has 0 aliphatic heterocycles. The van der Waals surface area contributed by atoms with Crippen molar-refractivity contribution in [3.63, 3.8) is 0 Å². The van der Waals surface area contributed by atoms with E-state index in [0.29, 0.717) is 17.4 Å². The number of carbonyl (C=O) groups excluding carboxylic acids is 1. The number of nitrogens with one attached hydrogen (secondary N) is 1. The molecule has 1 atom stereocenters. The molecule has 3 nitrogen and oxygen atoms in total. The van der Waals surface area contributed by atoms with Gasteiger partial charge in [-0.25, -0.2) is 4.39 Å². The van der Waals surface area contributed by atoms with Crippen LogP contribution in [0.1, 0.15) is 24.9 Å². The van der Waals surface area contributed by atoms with Crippen LogP contribution < -0.4 is 11.1 Å². The molecule has 0 saturated carbocycles. The van der Waals surface area contributed by atoms with Gasteiger partial charge in [0.1, 0.15) is 5.82 Å². The summed E-state index contributed by atoms with van der Waals surface area (Å²) in [5.74, 6) is -0.613. The fourth-order valence-corrected chi connectivity index (χ4v) is 2.07.